The molecule has 1 aromatic heterocycles. The number of nitrogens with two attached hydrogens (primary N) is 2. The molecule has 2 aromatic carbocycles. The Kier molecular flexibility index (Phi) is 12.8. The summed E-state index contributed by atoms with van der Waals surface area (Å²) in [5.74, 6) is -2.89. The van der Waals surface area contributed by atoms with Crippen LogP contribution in [0.25, 0.3) is 10.9 Å². The SMILES string of the molecule is NCCN(CCN)C(=O)C[C@H](NC(=O)CCO)C(=O)N[C@@H](Cc1ccc(C(F)(F)F)cc1)C(=O)Nc1cnc2ccccc2c1. The maximum atomic E-state index is 13.5. The summed E-state index contributed by atoms with van der Waals surface area (Å²) in [5.41, 5.74) is 11.6. The number of hydrogen-bond acceptors (Lipinski definition) is 8. The maximum absolute atomic E-state index is 13.5. The zero-order valence-electron chi connectivity index (χ0n) is 24.3. The van der Waals surface area contributed by atoms with E-state index in [-0.39, 0.29) is 39.0 Å². The van der Waals surface area contributed by atoms with Crippen LogP contribution in [0.5, 0.6) is 0 Å². The molecule has 0 aliphatic rings. The number of aliphatic hydroxyl groups is 1. The molecular weight excluding hydrogens is 595 g/mol. The van der Waals surface area contributed by atoms with Crippen molar-refractivity contribution >= 4 is 40.2 Å². The molecule has 0 saturated carbocycles. The van der Waals surface area contributed by atoms with Gasteiger partial charge in [-0.3, -0.25) is 24.2 Å². The third-order valence-corrected chi connectivity index (χ3v) is 6.73. The number of halogens is 3. The van der Waals surface area contributed by atoms with Crippen molar-refractivity contribution in [2.24, 2.45) is 11.5 Å². The number of rotatable bonds is 15. The molecule has 0 spiro atoms. The molecular formula is C30H36F3N7O5. The number of nitrogens with zero attached hydrogens (tertiary/aromatic N) is 2. The van der Waals surface area contributed by atoms with Gasteiger partial charge in [-0.15, -0.1) is 0 Å². The molecule has 242 valence electrons. The Morgan fingerprint density at radius 2 is 1.58 bits per heavy atom. The van der Waals surface area contributed by atoms with Gasteiger partial charge in [0.05, 0.1) is 36.0 Å². The fourth-order valence-electron chi connectivity index (χ4n) is 4.47. The lowest BCUT2D eigenvalue weighted by atomic mass is 10.0. The number of alkyl halides is 3. The minimum Gasteiger partial charge on any atom is -0.396 e. The summed E-state index contributed by atoms with van der Waals surface area (Å²) in [6.07, 6.45) is -4.24. The molecule has 2 atom stereocenters. The van der Waals surface area contributed by atoms with E-state index in [1.807, 2.05) is 0 Å². The Hall–Kier alpha value is -4.60. The van der Waals surface area contributed by atoms with Crippen LogP contribution < -0.4 is 27.4 Å². The number of fused-ring (bicyclic) bond motifs is 1. The van der Waals surface area contributed by atoms with E-state index < -0.39 is 60.5 Å². The number of carbonyl (C=O) groups is 4. The normalized spacial score (nSPS) is 12.7. The Morgan fingerprint density at radius 3 is 2.20 bits per heavy atom. The van der Waals surface area contributed by atoms with Crippen molar-refractivity contribution < 1.29 is 37.5 Å². The molecule has 0 bridgehead atoms. The second-order valence-corrected chi connectivity index (χ2v) is 10.1. The van der Waals surface area contributed by atoms with Crippen molar-refractivity contribution in [3.63, 3.8) is 0 Å². The van der Waals surface area contributed by atoms with Crippen LogP contribution in [0.1, 0.15) is 24.0 Å². The van der Waals surface area contributed by atoms with Crippen molar-refractivity contribution in [3.8, 4) is 0 Å². The zero-order valence-corrected chi connectivity index (χ0v) is 24.3. The zero-order chi connectivity index (χ0) is 33.0. The van der Waals surface area contributed by atoms with Crippen LogP contribution in [0.2, 0.25) is 0 Å². The Labute approximate surface area is 257 Å². The standard InChI is InChI=1S/C30H36F3N7O5/c31-30(32,33)21-7-5-19(6-8-21)15-24(28(44)37-22-16-20-3-1-2-4-23(20)36-18-22)39-29(45)25(38-26(42)9-14-41)17-27(43)40(12-10-34)13-11-35/h1-8,16,18,24-25,41H,9-15,17,34-35H2,(H,37,44)(H,38,42)(H,39,45)/t24-,25-/m0/s1. The van der Waals surface area contributed by atoms with Gasteiger partial charge in [0.15, 0.2) is 0 Å². The Morgan fingerprint density at radius 1 is 0.911 bits per heavy atom. The first-order chi connectivity index (χ1) is 21.4. The molecule has 8 N–H and O–H groups in total. The third-order valence-electron chi connectivity index (χ3n) is 6.73. The van der Waals surface area contributed by atoms with E-state index in [0.29, 0.717) is 16.8 Å². The summed E-state index contributed by atoms with van der Waals surface area (Å²) in [5, 5.41) is 17.5. The number of anilines is 1. The lowest BCUT2D eigenvalue weighted by Crippen LogP contribution is -2.55. The minimum absolute atomic E-state index is 0.123. The van der Waals surface area contributed by atoms with Crippen molar-refractivity contribution in [2.45, 2.75) is 37.5 Å². The first-order valence-electron chi connectivity index (χ1n) is 14.2. The summed E-state index contributed by atoms with van der Waals surface area (Å²) in [7, 11) is 0. The van der Waals surface area contributed by atoms with Crippen molar-refractivity contribution in [1.29, 1.82) is 0 Å². The smallest absolute Gasteiger partial charge is 0.396 e. The predicted octanol–water partition coefficient (Wildman–Crippen LogP) is 0.923. The van der Waals surface area contributed by atoms with Gasteiger partial charge in [-0.2, -0.15) is 13.2 Å². The van der Waals surface area contributed by atoms with Crippen LogP contribution in [0, 0.1) is 0 Å². The molecule has 3 aromatic rings. The molecule has 1 heterocycles. The van der Waals surface area contributed by atoms with Gasteiger partial charge in [-0.25, -0.2) is 0 Å². The Bertz CT molecular complexity index is 1460. The molecule has 3 rings (SSSR count). The molecule has 4 amide bonds. The summed E-state index contributed by atoms with van der Waals surface area (Å²) in [4.78, 5) is 58.0. The van der Waals surface area contributed by atoms with Crippen molar-refractivity contribution in [3.05, 3.63) is 71.9 Å². The summed E-state index contributed by atoms with van der Waals surface area (Å²) in [6, 6.07) is 10.1. The van der Waals surface area contributed by atoms with E-state index in [1.165, 1.54) is 23.2 Å². The number of aliphatic hydroxyl groups excluding tert-OH is 1. The van der Waals surface area contributed by atoms with Gasteiger partial charge >= 0.3 is 6.18 Å². The third kappa shape index (κ3) is 10.5. The summed E-state index contributed by atoms with van der Waals surface area (Å²) < 4.78 is 39.4. The first kappa shape index (κ1) is 34.9. The van der Waals surface area contributed by atoms with Gasteiger partial charge in [0.2, 0.25) is 23.6 Å². The largest absolute Gasteiger partial charge is 0.416 e. The highest BCUT2D eigenvalue weighted by molar-refractivity contribution is 6.00. The van der Waals surface area contributed by atoms with E-state index in [1.54, 1.807) is 30.3 Å². The molecule has 0 saturated heterocycles. The molecule has 12 nitrogen and oxygen atoms in total. The summed E-state index contributed by atoms with van der Waals surface area (Å²) >= 11 is 0. The number of hydrogen-bond donors (Lipinski definition) is 6. The fourth-order valence-corrected chi connectivity index (χ4v) is 4.47. The van der Waals surface area contributed by atoms with E-state index in [4.69, 9.17) is 16.6 Å². The minimum atomic E-state index is -4.57. The van der Waals surface area contributed by atoms with Crippen LogP contribution in [0.4, 0.5) is 18.9 Å². The first-order valence-corrected chi connectivity index (χ1v) is 14.2. The highest BCUT2D eigenvalue weighted by Crippen LogP contribution is 2.29. The van der Waals surface area contributed by atoms with Gasteiger partial charge in [-0.1, -0.05) is 30.3 Å². The molecule has 15 heteroatoms. The maximum Gasteiger partial charge on any atom is 0.416 e. The number of carbonyl (C=O) groups excluding carboxylic acids is 4. The van der Waals surface area contributed by atoms with E-state index >= 15 is 0 Å². The Balaban J connectivity index is 1.89. The number of aromatic nitrogens is 1. The molecule has 0 aliphatic heterocycles. The average Bonchev–Trinajstić information content (AvgIpc) is 3.00. The van der Waals surface area contributed by atoms with E-state index in [0.717, 1.165) is 17.5 Å². The van der Waals surface area contributed by atoms with Crippen molar-refractivity contribution in [2.75, 3.05) is 38.1 Å². The van der Waals surface area contributed by atoms with Crippen molar-refractivity contribution in [1.82, 2.24) is 20.5 Å². The molecule has 0 radical (unpaired) electrons. The van der Waals surface area contributed by atoms with E-state index in [2.05, 4.69) is 20.9 Å². The molecule has 0 unspecified atom stereocenters. The summed E-state index contributed by atoms with van der Waals surface area (Å²) in [6.45, 7) is 0.0255. The fraction of sp³-hybridized carbons (Fsp3) is 0.367. The van der Waals surface area contributed by atoms with Gasteiger partial charge < -0.3 is 37.4 Å². The van der Waals surface area contributed by atoms with Gasteiger partial charge in [-0.05, 0) is 29.8 Å². The van der Waals surface area contributed by atoms with E-state index in [9.17, 15) is 32.3 Å². The topological polar surface area (TPSA) is 193 Å². The molecule has 45 heavy (non-hydrogen) atoms. The average molecular weight is 632 g/mol. The highest BCUT2D eigenvalue weighted by atomic mass is 19.4. The number of para-hydroxylation sites is 1. The number of pyridine rings is 1. The second-order valence-electron chi connectivity index (χ2n) is 10.1. The lowest BCUT2D eigenvalue weighted by Gasteiger charge is -2.26. The molecule has 0 fully saturated rings. The quantitative estimate of drug-likeness (QED) is 0.143. The highest BCUT2D eigenvalue weighted by Gasteiger charge is 2.32. The van der Waals surface area contributed by atoms with Gasteiger partial charge in [0, 0.05) is 44.4 Å². The van der Waals surface area contributed by atoms with Crippen LogP contribution in [-0.2, 0) is 31.8 Å². The van der Waals surface area contributed by atoms with Gasteiger partial charge in [0.1, 0.15) is 12.1 Å². The number of benzene rings is 2. The lowest BCUT2D eigenvalue weighted by molar-refractivity contribution is -0.138. The monoisotopic (exact) mass is 631 g/mol. The van der Waals surface area contributed by atoms with Crippen LogP contribution in [0.3, 0.4) is 0 Å². The second kappa shape index (κ2) is 16.5. The molecule has 0 aliphatic carbocycles. The number of nitrogens with one attached hydrogen (secondary N) is 3. The van der Waals surface area contributed by atoms with Crippen LogP contribution >= 0.6 is 0 Å². The van der Waals surface area contributed by atoms with Gasteiger partial charge in [0.25, 0.3) is 0 Å². The predicted molar refractivity (Wildman–Crippen MR) is 160 cm³/mol. The van der Waals surface area contributed by atoms with Crippen LogP contribution in [-0.4, -0.2) is 83.5 Å². The van der Waals surface area contributed by atoms with Crippen LogP contribution in [0.15, 0.2) is 60.8 Å². The number of amides is 4.